The minimum atomic E-state index is -0.478. The minimum Gasteiger partial charge on any atom is -0.507 e. The molecule has 0 aliphatic rings. The first-order valence-electron chi connectivity index (χ1n) is 8.97. The van der Waals surface area contributed by atoms with Gasteiger partial charge in [0.05, 0.1) is 23.2 Å². The van der Waals surface area contributed by atoms with Crippen LogP contribution < -0.4 is 5.43 Å². The van der Waals surface area contributed by atoms with E-state index in [0.717, 1.165) is 21.7 Å². The fraction of sp³-hybridized carbons (Fsp3) is 0.0455. The highest BCUT2D eigenvalue weighted by atomic mass is 32.1. The van der Waals surface area contributed by atoms with E-state index < -0.39 is 5.91 Å². The lowest BCUT2D eigenvalue weighted by Gasteiger charge is -2.01. The number of para-hydroxylation sites is 1. The van der Waals surface area contributed by atoms with Crippen molar-refractivity contribution in [1.82, 2.24) is 15.2 Å². The fourth-order valence-corrected chi connectivity index (χ4v) is 3.61. The first-order valence-corrected chi connectivity index (χ1v) is 9.85. The van der Waals surface area contributed by atoms with Crippen LogP contribution in [-0.2, 0) is 6.54 Å². The van der Waals surface area contributed by atoms with Gasteiger partial charge in [0.25, 0.3) is 5.91 Å². The highest BCUT2D eigenvalue weighted by molar-refractivity contribution is 7.13. The van der Waals surface area contributed by atoms with Gasteiger partial charge in [-0.1, -0.05) is 48.5 Å². The number of aromatic hydroxyl groups is 1. The first-order chi connectivity index (χ1) is 14.2. The van der Waals surface area contributed by atoms with Crippen LogP contribution in [0.25, 0.3) is 10.6 Å². The van der Waals surface area contributed by atoms with Gasteiger partial charge in [0.1, 0.15) is 11.4 Å². The number of phenolic OH excluding ortho intramolecular Hbond substituents is 1. The average molecular weight is 402 g/mol. The van der Waals surface area contributed by atoms with Gasteiger partial charge in [0, 0.05) is 11.8 Å². The van der Waals surface area contributed by atoms with Crippen LogP contribution in [0.2, 0.25) is 0 Å². The van der Waals surface area contributed by atoms with Crippen molar-refractivity contribution in [2.75, 3.05) is 0 Å². The van der Waals surface area contributed by atoms with Gasteiger partial charge >= 0.3 is 0 Å². The second-order valence-corrected chi connectivity index (χ2v) is 7.26. The highest BCUT2D eigenvalue weighted by Gasteiger charge is 2.12. The van der Waals surface area contributed by atoms with Crippen molar-refractivity contribution in [2.45, 2.75) is 6.54 Å². The second-order valence-electron chi connectivity index (χ2n) is 6.31. The largest absolute Gasteiger partial charge is 0.507 e. The Morgan fingerprint density at radius 2 is 1.90 bits per heavy atom. The molecule has 144 valence electrons. The van der Waals surface area contributed by atoms with Crippen LogP contribution >= 0.6 is 11.3 Å². The summed E-state index contributed by atoms with van der Waals surface area (Å²) in [5.74, 6) is -0.566. The number of carbonyl (C=O) groups excluding carboxylic acids is 1. The smallest absolute Gasteiger partial charge is 0.275 e. The maximum absolute atomic E-state index is 12.2. The Kier molecular flexibility index (Phi) is 5.49. The van der Waals surface area contributed by atoms with Gasteiger partial charge in [-0.05, 0) is 29.1 Å². The maximum atomic E-state index is 12.2. The van der Waals surface area contributed by atoms with Crippen molar-refractivity contribution in [3.8, 4) is 16.3 Å². The van der Waals surface area contributed by atoms with Gasteiger partial charge in [-0.3, -0.25) is 9.48 Å². The molecule has 4 rings (SSSR count). The number of nitrogens with one attached hydrogen (secondary N) is 1. The zero-order valence-electron chi connectivity index (χ0n) is 15.4. The lowest BCUT2D eigenvalue weighted by molar-refractivity contribution is 0.0952. The summed E-state index contributed by atoms with van der Waals surface area (Å²) in [6.45, 7) is 0.636. The van der Waals surface area contributed by atoms with E-state index in [1.807, 2.05) is 58.7 Å². The van der Waals surface area contributed by atoms with Crippen LogP contribution in [0.3, 0.4) is 0 Å². The van der Waals surface area contributed by atoms with Gasteiger partial charge in [0.2, 0.25) is 0 Å². The molecular formula is C22H18N4O2S. The number of aromatic nitrogens is 2. The standard InChI is InChI=1S/C22H18N4O2S/c27-19-10-5-4-9-18(19)22(28)24-23-13-17-15-26(14-16-7-2-1-3-8-16)25-21(17)20-11-6-12-29-20/h1-13,15,27H,14H2,(H,24,28)/b23-13-. The molecule has 0 aliphatic heterocycles. The summed E-state index contributed by atoms with van der Waals surface area (Å²) in [6.07, 6.45) is 3.47. The maximum Gasteiger partial charge on any atom is 0.275 e. The van der Waals surface area contributed by atoms with E-state index in [-0.39, 0.29) is 11.3 Å². The van der Waals surface area contributed by atoms with E-state index in [2.05, 4.69) is 10.5 Å². The molecule has 0 bridgehead atoms. The molecule has 2 aromatic carbocycles. The van der Waals surface area contributed by atoms with Crippen LogP contribution in [0.1, 0.15) is 21.5 Å². The van der Waals surface area contributed by atoms with Gasteiger partial charge in [-0.2, -0.15) is 10.2 Å². The van der Waals surface area contributed by atoms with Gasteiger partial charge < -0.3 is 5.11 Å². The molecule has 7 heteroatoms. The van der Waals surface area contributed by atoms with E-state index in [1.54, 1.807) is 29.7 Å². The van der Waals surface area contributed by atoms with Crippen molar-refractivity contribution in [2.24, 2.45) is 5.10 Å². The molecule has 0 atom stereocenters. The van der Waals surface area contributed by atoms with Crippen molar-refractivity contribution < 1.29 is 9.90 Å². The Labute approximate surface area is 171 Å². The number of benzene rings is 2. The molecule has 0 spiro atoms. The molecule has 1 amide bonds. The summed E-state index contributed by atoms with van der Waals surface area (Å²) < 4.78 is 1.86. The molecular weight excluding hydrogens is 384 g/mol. The van der Waals surface area contributed by atoms with E-state index >= 15 is 0 Å². The Balaban J connectivity index is 1.56. The van der Waals surface area contributed by atoms with E-state index in [4.69, 9.17) is 5.10 Å². The first kappa shape index (κ1) is 18.6. The van der Waals surface area contributed by atoms with Crippen LogP contribution in [0.15, 0.2) is 83.4 Å². The quantitative estimate of drug-likeness (QED) is 0.376. The zero-order chi connectivity index (χ0) is 20.1. The molecule has 0 saturated carbocycles. The number of hydrogen-bond donors (Lipinski definition) is 2. The number of amides is 1. The number of nitrogens with zero attached hydrogens (tertiary/aromatic N) is 3. The molecule has 4 aromatic rings. The molecule has 0 fully saturated rings. The Morgan fingerprint density at radius 1 is 1.10 bits per heavy atom. The SMILES string of the molecule is O=C(N/N=C\c1cn(Cc2ccccc2)nc1-c1cccs1)c1ccccc1O. The summed E-state index contributed by atoms with van der Waals surface area (Å²) in [5.41, 5.74) is 5.36. The summed E-state index contributed by atoms with van der Waals surface area (Å²) in [6, 6.07) is 20.4. The molecule has 2 N–H and O–H groups in total. The predicted molar refractivity (Wildman–Crippen MR) is 114 cm³/mol. The van der Waals surface area contributed by atoms with Crippen LogP contribution in [-0.4, -0.2) is 27.0 Å². The molecule has 29 heavy (non-hydrogen) atoms. The topological polar surface area (TPSA) is 79.5 Å². The number of hydrazone groups is 1. The summed E-state index contributed by atoms with van der Waals surface area (Å²) in [7, 11) is 0. The lowest BCUT2D eigenvalue weighted by atomic mass is 10.2. The Morgan fingerprint density at radius 3 is 2.66 bits per heavy atom. The number of carbonyl (C=O) groups is 1. The van der Waals surface area contributed by atoms with Gasteiger partial charge in [-0.25, -0.2) is 5.43 Å². The van der Waals surface area contributed by atoms with Crippen LogP contribution in [0.5, 0.6) is 5.75 Å². The molecule has 0 radical (unpaired) electrons. The predicted octanol–water partition coefficient (Wildman–Crippen LogP) is 4.13. The molecule has 6 nitrogen and oxygen atoms in total. The monoisotopic (exact) mass is 402 g/mol. The number of rotatable bonds is 6. The van der Waals surface area contributed by atoms with Crippen LogP contribution in [0.4, 0.5) is 0 Å². The third kappa shape index (κ3) is 4.41. The lowest BCUT2D eigenvalue weighted by Crippen LogP contribution is -2.17. The van der Waals surface area contributed by atoms with E-state index in [1.165, 1.54) is 12.1 Å². The van der Waals surface area contributed by atoms with Crippen molar-refractivity contribution in [3.63, 3.8) is 0 Å². The summed E-state index contributed by atoms with van der Waals surface area (Å²) in [4.78, 5) is 13.2. The Hall–Kier alpha value is -3.71. The fourth-order valence-electron chi connectivity index (χ4n) is 2.87. The number of hydrogen-bond acceptors (Lipinski definition) is 5. The summed E-state index contributed by atoms with van der Waals surface area (Å²) in [5, 5.41) is 20.5. The number of thiophene rings is 1. The van der Waals surface area contributed by atoms with Crippen molar-refractivity contribution >= 4 is 23.5 Å². The summed E-state index contributed by atoms with van der Waals surface area (Å²) >= 11 is 1.59. The highest BCUT2D eigenvalue weighted by Crippen LogP contribution is 2.26. The van der Waals surface area contributed by atoms with Crippen molar-refractivity contribution in [1.29, 1.82) is 0 Å². The van der Waals surface area contributed by atoms with Gasteiger partial charge in [0.15, 0.2) is 0 Å². The van der Waals surface area contributed by atoms with Gasteiger partial charge in [-0.15, -0.1) is 11.3 Å². The van der Waals surface area contributed by atoms with E-state index in [9.17, 15) is 9.90 Å². The molecule has 0 unspecified atom stereocenters. The third-order valence-corrected chi connectivity index (χ3v) is 5.13. The second kappa shape index (κ2) is 8.53. The Bertz CT molecular complexity index is 1130. The molecule has 2 heterocycles. The van der Waals surface area contributed by atoms with Crippen LogP contribution in [0, 0.1) is 0 Å². The average Bonchev–Trinajstić information content (AvgIpc) is 3.39. The molecule has 2 aromatic heterocycles. The minimum absolute atomic E-state index is 0.0878. The zero-order valence-corrected chi connectivity index (χ0v) is 16.2. The van der Waals surface area contributed by atoms with E-state index in [0.29, 0.717) is 6.54 Å². The van der Waals surface area contributed by atoms with Crippen molar-refractivity contribution in [3.05, 3.63) is 95.0 Å². The number of phenols is 1. The third-order valence-electron chi connectivity index (χ3n) is 4.25. The molecule has 0 aliphatic carbocycles. The normalized spacial score (nSPS) is 11.0. The molecule has 0 saturated heterocycles.